The Kier molecular flexibility index (Phi) is 4.36. The van der Waals surface area contributed by atoms with E-state index in [9.17, 15) is 5.11 Å². The van der Waals surface area contributed by atoms with Crippen LogP contribution in [0.2, 0.25) is 0 Å². The second-order valence-corrected chi connectivity index (χ2v) is 6.60. The summed E-state index contributed by atoms with van der Waals surface area (Å²) >= 11 is 1.84. The summed E-state index contributed by atoms with van der Waals surface area (Å²) in [5.41, 5.74) is 4.87. The van der Waals surface area contributed by atoms with E-state index in [1.165, 1.54) is 22.3 Å². The third-order valence-electron chi connectivity index (χ3n) is 3.80. The molecule has 0 spiro atoms. The number of aryl methyl sites for hydroxylation is 3. The predicted molar refractivity (Wildman–Crippen MR) is 79.3 cm³/mol. The lowest BCUT2D eigenvalue weighted by Gasteiger charge is -2.22. The highest BCUT2D eigenvalue weighted by Gasteiger charge is 2.30. The van der Waals surface area contributed by atoms with Gasteiger partial charge >= 0.3 is 0 Å². The molecule has 3 heteroatoms. The first-order chi connectivity index (χ1) is 8.50. The molecule has 0 amide bonds. The van der Waals surface area contributed by atoms with E-state index in [0.29, 0.717) is 6.54 Å². The van der Waals surface area contributed by atoms with E-state index in [4.69, 9.17) is 0 Å². The average molecular weight is 265 g/mol. The molecule has 1 saturated heterocycles. The van der Waals surface area contributed by atoms with Gasteiger partial charge in [-0.25, -0.2) is 0 Å². The second-order valence-electron chi connectivity index (χ2n) is 5.49. The molecule has 1 fully saturated rings. The van der Waals surface area contributed by atoms with E-state index in [2.05, 4.69) is 38.2 Å². The standard InChI is InChI=1S/C15H23NOS/c1-11-6-13(3)14(7-12(11)2)8-16-9-15(17)4-5-18-10-15/h6-7,16-17H,4-5,8-10H2,1-3H3. The van der Waals surface area contributed by atoms with Gasteiger partial charge < -0.3 is 10.4 Å². The highest BCUT2D eigenvalue weighted by Crippen LogP contribution is 2.27. The summed E-state index contributed by atoms with van der Waals surface area (Å²) in [4.78, 5) is 0. The molecule has 0 aromatic heterocycles. The molecule has 1 aromatic carbocycles. The van der Waals surface area contributed by atoms with Gasteiger partial charge in [-0.2, -0.15) is 11.8 Å². The Bertz CT molecular complexity index is 425. The Morgan fingerprint density at radius 1 is 1.22 bits per heavy atom. The summed E-state index contributed by atoms with van der Waals surface area (Å²) in [6.07, 6.45) is 0.913. The van der Waals surface area contributed by atoms with Crippen molar-refractivity contribution in [3.63, 3.8) is 0 Å². The zero-order valence-electron chi connectivity index (χ0n) is 11.5. The van der Waals surface area contributed by atoms with Crippen LogP contribution in [0.15, 0.2) is 12.1 Å². The minimum absolute atomic E-state index is 0.488. The molecule has 0 aliphatic carbocycles. The van der Waals surface area contributed by atoms with Crippen molar-refractivity contribution in [2.45, 2.75) is 39.3 Å². The second kappa shape index (κ2) is 5.64. The third-order valence-corrected chi connectivity index (χ3v) is 5.04. The molecule has 1 atom stereocenters. The van der Waals surface area contributed by atoms with E-state index in [1.54, 1.807) is 0 Å². The fourth-order valence-corrected chi connectivity index (χ4v) is 3.67. The van der Waals surface area contributed by atoms with Crippen LogP contribution < -0.4 is 5.32 Å². The first-order valence-corrected chi connectivity index (χ1v) is 7.73. The lowest BCUT2D eigenvalue weighted by atomic mass is 10.00. The fraction of sp³-hybridized carbons (Fsp3) is 0.600. The topological polar surface area (TPSA) is 32.3 Å². The first-order valence-electron chi connectivity index (χ1n) is 6.58. The molecule has 2 nitrogen and oxygen atoms in total. The molecule has 1 unspecified atom stereocenters. The molecule has 1 aliphatic heterocycles. The summed E-state index contributed by atoms with van der Waals surface area (Å²) < 4.78 is 0. The summed E-state index contributed by atoms with van der Waals surface area (Å²) in [5, 5.41) is 13.7. The maximum absolute atomic E-state index is 10.3. The van der Waals surface area contributed by atoms with Crippen LogP contribution in [0.3, 0.4) is 0 Å². The quantitative estimate of drug-likeness (QED) is 0.877. The van der Waals surface area contributed by atoms with Crippen molar-refractivity contribution in [1.29, 1.82) is 0 Å². The molecule has 1 aliphatic rings. The van der Waals surface area contributed by atoms with Gasteiger partial charge in [-0.1, -0.05) is 12.1 Å². The van der Waals surface area contributed by atoms with E-state index in [-0.39, 0.29) is 0 Å². The lowest BCUT2D eigenvalue weighted by molar-refractivity contribution is 0.0674. The molecule has 1 aromatic rings. The van der Waals surface area contributed by atoms with Gasteiger partial charge in [0.05, 0.1) is 5.60 Å². The molecule has 18 heavy (non-hydrogen) atoms. The highest BCUT2D eigenvalue weighted by molar-refractivity contribution is 7.99. The van der Waals surface area contributed by atoms with Crippen molar-refractivity contribution in [2.75, 3.05) is 18.1 Å². The van der Waals surface area contributed by atoms with Crippen LogP contribution in [0.4, 0.5) is 0 Å². The maximum Gasteiger partial charge on any atom is 0.0869 e. The van der Waals surface area contributed by atoms with Crippen molar-refractivity contribution in [2.24, 2.45) is 0 Å². The normalized spacial score (nSPS) is 23.6. The number of benzene rings is 1. The summed E-state index contributed by atoms with van der Waals surface area (Å²) in [5.74, 6) is 1.95. The van der Waals surface area contributed by atoms with Gasteiger partial charge in [-0.05, 0) is 55.2 Å². The van der Waals surface area contributed by atoms with E-state index < -0.39 is 5.60 Å². The van der Waals surface area contributed by atoms with Crippen LogP contribution in [0, 0.1) is 20.8 Å². The van der Waals surface area contributed by atoms with Crippen molar-refractivity contribution in [1.82, 2.24) is 5.32 Å². The third kappa shape index (κ3) is 3.28. The number of aliphatic hydroxyl groups is 1. The number of hydrogen-bond acceptors (Lipinski definition) is 3. The van der Waals surface area contributed by atoms with Gasteiger partial charge in [-0.3, -0.25) is 0 Å². The van der Waals surface area contributed by atoms with Gasteiger partial charge in [0, 0.05) is 18.8 Å². The summed E-state index contributed by atoms with van der Waals surface area (Å²) in [7, 11) is 0. The highest BCUT2D eigenvalue weighted by atomic mass is 32.2. The van der Waals surface area contributed by atoms with E-state index in [0.717, 1.165) is 24.5 Å². The Labute approximate surface area is 114 Å². The predicted octanol–water partition coefficient (Wildman–Crippen LogP) is 2.57. The van der Waals surface area contributed by atoms with Crippen LogP contribution in [-0.4, -0.2) is 28.8 Å². The minimum atomic E-state index is -0.488. The molecular formula is C15H23NOS. The number of rotatable bonds is 4. The molecule has 0 bridgehead atoms. The zero-order valence-corrected chi connectivity index (χ0v) is 12.4. The van der Waals surface area contributed by atoms with Gasteiger partial charge in [0.1, 0.15) is 0 Å². The zero-order chi connectivity index (χ0) is 13.2. The molecular weight excluding hydrogens is 242 g/mol. The smallest absolute Gasteiger partial charge is 0.0869 e. The lowest BCUT2D eigenvalue weighted by Crippen LogP contribution is -2.40. The van der Waals surface area contributed by atoms with Gasteiger partial charge in [0.25, 0.3) is 0 Å². The van der Waals surface area contributed by atoms with Crippen LogP contribution in [-0.2, 0) is 6.54 Å². The molecule has 100 valence electrons. The molecule has 2 N–H and O–H groups in total. The minimum Gasteiger partial charge on any atom is -0.388 e. The Morgan fingerprint density at radius 2 is 1.94 bits per heavy atom. The van der Waals surface area contributed by atoms with Crippen LogP contribution in [0.25, 0.3) is 0 Å². The monoisotopic (exact) mass is 265 g/mol. The largest absolute Gasteiger partial charge is 0.388 e. The van der Waals surface area contributed by atoms with Crippen molar-refractivity contribution < 1.29 is 5.11 Å². The van der Waals surface area contributed by atoms with Crippen molar-refractivity contribution >= 4 is 11.8 Å². The van der Waals surface area contributed by atoms with Gasteiger partial charge in [0.15, 0.2) is 0 Å². The number of nitrogens with one attached hydrogen (secondary N) is 1. The SMILES string of the molecule is Cc1cc(C)c(CNCC2(O)CCSC2)cc1C. The van der Waals surface area contributed by atoms with Gasteiger partial charge in [-0.15, -0.1) is 0 Å². The Hall–Kier alpha value is -0.510. The maximum atomic E-state index is 10.3. The summed E-state index contributed by atoms with van der Waals surface area (Å²) in [6, 6.07) is 4.50. The van der Waals surface area contributed by atoms with Crippen LogP contribution >= 0.6 is 11.8 Å². The van der Waals surface area contributed by atoms with Crippen molar-refractivity contribution in [3.8, 4) is 0 Å². The Balaban J connectivity index is 1.92. The Morgan fingerprint density at radius 3 is 2.61 bits per heavy atom. The molecule has 1 heterocycles. The molecule has 2 rings (SSSR count). The van der Waals surface area contributed by atoms with Crippen LogP contribution in [0.5, 0.6) is 0 Å². The number of thioether (sulfide) groups is 1. The summed E-state index contributed by atoms with van der Waals surface area (Å²) in [6.45, 7) is 8.01. The first kappa shape index (κ1) is 13.9. The van der Waals surface area contributed by atoms with E-state index in [1.807, 2.05) is 11.8 Å². The number of hydrogen-bond donors (Lipinski definition) is 2. The van der Waals surface area contributed by atoms with Gasteiger partial charge in [0.2, 0.25) is 0 Å². The average Bonchev–Trinajstić information content (AvgIpc) is 2.73. The fourth-order valence-electron chi connectivity index (χ4n) is 2.38. The van der Waals surface area contributed by atoms with E-state index >= 15 is 0 Å². The van der Waals surface area contributed by atoms with Crippen LogP contribution in [0.1, 0.15) is 28.7 Å². The van der Waals surface area contributed by atoms with Crippen molar-refractivity contribution in [3.05, 3.63) is 34.4 Å². The molecule has 0 saturated carbocycles. The molecule has 0 radical (unpaired) electrons.